The van der Waals surface area contributed by atoms with Crippen LogP contribution in [-0.4, -0.2) is 18.6 Å². The topological polar surface area (TPSA) is 29.1 Å². The van der Waals surface area contributed by atoms with Crippen molar-refractivity contribution in [3.05, 3.63) is 34.3 Å². The van der Waals surface area contributed by atoms with Crippen LogP contribution < -0.4 is 5.32 Å². The van der Waals surface area contributed by atoms with E-state index < -0.39 is 18.5 Å². The minimum atomic E-state index is -4.44. The Kier molecular flexibility index (Phi) is 4.99. The van der Waals surface area contributed by atoms with E-state index in [1.807, 2.05) is 24.3 Å². The predicted octanol–water partition coefficient (Wildman–Crippen LogP) is 3.06. The fraction of sp³-hybridized carbons (Fsp3) is 0.364. The number of hydrogen-bond donors (Lipinski definition) is 1. The highest BCUT2D eigenvalue weighted by molar-refractivity contribution is 9.10. The van der Waals surface area contributed by atoms with E-state index in [2.05, 4.69) is 21.2 Å². The summed E-state index contributed by atoms with van der Waals surface area (Å²) in [5, 5.41) is 2.23. The molecule has 1 aromatic rings. The average Bonchev–Trinajstić information content (AvgIpc) is 2.18. The van der Waals surface area contributed by atoms with E-state index in [4.69, 9.17) is 0 Å². The highest BCUT2D eigenvalue weighted by Crippen LogP contribution is 2.18. The van der Waals surface area contributed by atoms with E-state index in [0.29, 0.717) is 6.42 Å². The lowest BCUT2D eigenvalue weighted by molar-refractivity contribution is -0.153. The second-order valence-electron chi connectivity index (χ2n) is 3.52. The fourth-order valence-electron chi connectivity index (χ4n) is 1.24. The molecule has 2 nitrogen and oxygen atoms in total. The molecule has 1 amide bonds. The van der Waals surface area contributed by atoms with Gasteiger partial charge in [-0.1, -0.05) is 28.1 Å². The van der Waals surface area contributed by atoms with Crippen LogP contribution in [0.5, 0.6) is 0 Å². The van der Waals surface area contributed by atoms with Gasteiger partial charge in [-0.2, -0.15) is 13.2 Å². The second kappa shape index (κ2) is 6.05. The first kappa shape index (κ1) is 14.0. The van der Waals surface area contributed by atoms with E-state index in [-0.39, 0.29) is 6.54 Å². The molecule has 0 unspecified atom stereocenters. The maximum absolute atomic E-state index is 11.8. The number of nitrogens with one attached hydrogen (secondary N) is 1. The van der Waals surface area contributed by atoms with Crippen LogP contribution in [0.2, 0.25) is 0 Å². The first-order valence-corrected chi connectivity index (χ1v) is 5.74. The van der Waals surface area contributed by atoms with Gasteiger partial charge in [-0.3, -0.25) is 4.79 Å². The Morgan fingerprint density at radius 1 is 1.24 bits per heavy atom. The van der Waals surface area contributed by atoms with E-state index in [9.17, 15) is 18.0 Å². The second-order valence-corrected chi connectivity index (χ2v) is 4.43. The summed E-state index contributed by atoms with van der Waals surface area (Å²) in [7, 11) is 0. The van der Waals surface area contributed by atoms with Gasteiger partial charge in [0.25, 0.3) is 0 Å². The van der Waals surface area contributed by atoms with E-state index >= 15 is 0 Å². The lowest BCUT2D eigenvalue weighted by Crippen LogP contribution is -2.30. The zero-order valence-corrected chi connectivity index (χ0v) is 10.4. The SMILES string of the molecule is O=C(CC(F)(F)F)NCCc1ccc(Br)cc1. The molecule has 0 aromatic heterocycles. The summed E-state index contributed by atoms with van der Waals surface area (Å²) in [6.07, 6.45) is -5.36. The molecule has 0 aliphatic heterocycles. The molecule has 0 fully saturated rings. The zero-order valence-electron chi connectivity index (χ0n) is 8.85. The molecule has 0 radical (unpaired) electrons. The number of amides is 1. The smallest absolute Gasteiger partial charge is 0.355 e. The van der Waals surface area contributed by atoms with Gasteiger partial charge in [-0.15, -0.1) is 0 Å². The number of rotatable bonds is 4. The molecular formula is C11H11BrF3NO. The molecule has 0 spiro atoms. The summed E-state index contributed by atoms with van der Waals surface area (Å²) in [5.41, 5.74) is 0.959. The fourth-order valence-corrected chi connectivity index (χ4v) is 1.51. The van der Waals surface area contributed by atoms with Crippen molar-refractivity contribution in [2.75, 3.05) is 6.54 Å². The Labute approximate surface area is 105 Å². The van der Waals surface area contributed by atoms with Gasteiger partial charge in [0.05, 0.1) is 0 Å². The number of hydrogen-bond acceptors (Lipinski definition) is 1. The number of halogens is 4. The predicted molar refractivity (Wildman–Crippen MR) is 61.5 cm³/mol. The van der Waals surface area contributed by atoms with Crippen LogP contribution in [0.4, 0.5) is 13.2 Å². The zero-order chi connectivity index (χ0) is 12.9. The van der Waals surface area contributed by atoms with Crippen molar-refractivity contribution in [3.8, 4) is 0 Å². The van der Waals surface area contributed by atoms with E-state index in [1.54, 1.807) is 0 Å². The summed E-state index contributed by atoms with van der Waals surface area (Å²) in [5.74, 6) is -0.991. The molecule has 1 N–H and O–H groups in total. The quantitative estimate of drug-likeness (QED) is 0.910. The van der Waals surface area contributed by atoms with Gasteiger partial charge in [-0.05, 0) is 24.1 Å². The summed E-state index contributed by atoms with van der Waals surface area (Å²) >= 11 is 3.28. The number of alkyl halides is 3. The minimum absolute atomic E-state index is 0.205. The van der Waals surface area contributed by atoms with Gasteiger partial charge in [0.1, 0.15) is 6.42 Å². The first-order chi connectivity index (χ1) is 7.87. The van der Waals surface area contributed by atoms with Gasteiger partial charge in [0.15, 0.2) is 0 Å². The van der Waals surface area contributed by atoms with Crippen molar-refractivity contribution in [2.45, 2.75) is 19.0 Å². The Morgan fingerprint density at radius 3 is 2.35 bits per heavy atom. The molecule has 0 bridgehead atoms. The molecular weight excluding hydrogens is 299 g/mol. The standard InChI is InChI=1S/C11H11BrF3NO/c12-9-3-1-8(2-4-9)5-6-16-10(17)7-11(13,14)15/h1-4H,5-7H2,(H,16,17). The molecule has 0 heterocycles. The van der Waals surface area contributed by atoms with Crippen LogP contribution in [0.3, 0.4) is 0 Å². The maximum Gasteiger partial charge on any atom is 0.397 e. The summed E-state index contributed by atoms with van der Waals surface area (Å²) in [6, 6.07) is 7.37. The van der Waals surface area contributed by atoms with Crippen molar-refractivity contribution in [2.24, 2.45) is 0 Å². The highest BCUT2D eigenvalue weighted by atomic mass is 79.9. The molecule has 1 aromatic carbocycles. The average molecular weight is 310 g/mol. The van der Waals surface area contributed by atoms with Gasteiger partial charge in [0.2, 0.25) is 5.91 Å². The van der Waals surface area contributed by atoms with Gasteiger partial charge in [-0.25, -0.2) is 0 Å². The van der Waals surface area contributed by atoms with Crippen molar-refractivity contribution < 1.29 is 18.0 Å². The molecule has 94 valence electrons. The van der Waals surface area contributed by atoms with Gasteiger partial charge < -0.3 is 5.32 Å². The van der Waals surface area contributed by atoms with Gasteiger partial charge >= 0.3 is 6.18 Å². The van der Waals surface area contributed by atoms with Gasteiger partial charge in [0, 0.05) is 11.0 Å². The Balaban J connectivity index is 2.28. The molecule has 0 saturated carbocycles. The third kappa shape index (κ3) is 6.31. The summed E-state index contributed by atoms with van der Waals surface area (Å²) in [4.78, 5) is 10.9. The Hall–Kier alpha value is -1.04. The third-order valence-electron chi connectivity index (χ3n) is 2.01. The van der Waals surface area contributed by atoms with Crippen LogP contribution in [-0.2, 0) is 11.2 Å². The number of carbonyl (C=O) groups is 1. The lowest BCUT2D eigenvalue weighted by Gasteiger charge is -2.07. The van der Waals surface area contributed by atoms with E-state index in [0.717, 1.165) is 10.0 Å². The monoisotopic (exact) mass is 309 g/mol. The van der Waals surface area contributed by atoms with Crippen molar-refractivity contribution in [1.29, 1.82) is 0 Å². The van der Waals surface area contributed by atoms with Crippen LogP contribution in [0.25, 0.3) is 0 Å². The van der Waals surface area contributed by atoms with E-state index in [1.165, 1.54) is 0 Å². The Morgan fingerprint density at radius 2 is 1.82 bits per heavy atom. The minimum Gasteiger partial charge on any atom is -0.355 e. The summed E-state index contributed by atoms with van der Waals surface area (Å²) in [6.45, 7) is 0.205. The van der Waals surface area contributed by atoms with Crippen LogP contribution >= 0.6 is 15.9 Å². The number of carbonyl (C=O) groups excluding carboxylic acids is 1. The first-order valence-electron chi connectivity index (χ1n) is 4.95. The molecule has 0 aliphatic rings. The third-order valence-corrected chi connectivity index (χ3v) is 2.54. The van der Waals surface area contributed by atoms with Crippen molar-refractivity contribution >= 4 is 21.8 Å². The van der Waals surface area contributed by atoms with Crippen molar-refractivity contribution in [3.63, 3.8) is 0 Å². The Bertz CT molecular complexity index is 375. The van der Waals surface area contributed by atoms with Crippen LogP contribution in [0.1, 0.15) is 12.0 Å². The summed E-state index contributed by atoms with van der Waals surface area (Å²) < 4.78 is 36.4. The molecule has 0 saturated heterocycles. The highest BCUT2D eigenvalue weighted by Gasteiger charge is 2.30. The van der Waals surface area contributed by atoms with Crippen molar-refractivity contribution in [1.82, 2.24) is 5.32 Å². The normalized spacial score (nSPS) is 11.3. The van der Waals surface area contributed by atoms with Crippen LogP contribution in [0, 0.1) is 0 Å². The lowest BCUT2D eigenvalue weighted by atomic mass is 10.1. The molecule has 0 aliphatic carbocycles. The molecule has 6 heteroatoms. The largest absolute Gasteiger partial charge is 0.397 e. The molecule has 0 atom stereocenters. The maximum atomic E-state index is 11.8. The number of benzene rings is 1. The van der Waals surface area contributed by atoms with Crippen LogP contribution in [0.15, 0.2) is 28.7 Å². The molecule has 1 rings (SSSR count). The molecule has 17 heavy (non-hydrogen) atoms.